The molecule has 0 saturated heterocycles. The molecule has 11 aromatic rings. The number of hydrogen-bond donors (Lipinski definition) is 0. The van der Waals surface area contributed by atoms with Gasteiger partial charge in [-0.2, -0.15) is 0 Å². The molecule has 0 aliphatic heterocycles. The molecule has 0 saturated carbocycles. The highest BCUT2D eigenvalue weighted by Gasteiger charge is 2.51. The summed E-state index contributed by atoms with van der Waals surface area (Å²) < 4.78 is 0. The van der Waals surface area contributed by atoms with Gasteiger partial charge in [-0.1, -0.05) is 182 Å². The first kappa shape index (κ1) is 33.9. The van der Waals surface area contributed by atoms with E-state index < -0.39 is 5.41 Å². The highest BCUT2D eigenvalue weighted by atomic mass is 15.0. The fourth-order valence-electron chi connectivity index (χ4n) is 10.3. The Kier molecular flexibility index (Phi) is 7.22. The summed E-state index contributed by atoms with van der Waals surface area (Å²) in [6.45, 7) is 0. The Balaban J connectivity index is 1.02. The topological polar surface area (TPSA) is 38.7 Å². The van der Waals surface area contributed by atoms with Gasteiger partial charge in [0.05, 0.1) is 5.41 Å². The van der Waals surface area contributed by atoms with Crippen molar-refractivity contribution in [3.63, 3.8) is 0 Å². The van der Waals surface area contributed by atoms with E-state index in [1.165, 1.54) is 82.6 Å². The Labute approximate surface area is 353 Å². The molecule has 0 radical (unpaired) electrons. The zero-order valence-corrected chi connectivity index (χ0v) is 33.0. The normalized spacial score (nSPS) is 13.0. The average molecular weight is 774 g/mol. The van der Waals surface area contributed by atoms with Crippen LogP contribution in [-0.4, -0.2) is 15.0 Å². The van der Waals surface area contributed by atoms with Crippen LogP contribution in [0, 0.1) is 0 Å². The van der Waals surface area contributed by atoms with E-state index >= 15 is 0 Å². The average Bonchev–Trinajstić information content (AvgIpc) is 3.79. The van der Waals surface area contributed by atoms with Crippen molar-refractivity contribution in [1.82, 2.24) is 15.0 Å². The van der Waals surface area contributed by atoms with Crippen molar-refractivity contribution >= 4 is 32.3 Å². The maximum atomic E-state index is 5.33. The van der Waals surface area contributed by atoms with Gasteiger partial charge < -0.3 is 0 Å². The number of rotatable bonds is 4. The fraction of sp³-hybridized carbons (Fsp3) is 0.0172. The summed E-state index contributed by atoms with van der Waals surface area (Å²) in [5.41, 5.74) is 15.0. The van der Waals surface area contributed by atoms with Gasteiger partial charge in [-0.25, -0.2) is 15.0 Å². The quantitative estimate of drug-likeness (QED) is 0.179. The number of fused-ring (bicyclic) bond motifs is 13. The number of benzene rings is 10. The summed E-state index contributed by atoms with van der Waals surface area (Å²) in [6, 6.07) is 77.0. The van der Waals surface area contributed by atoms with E-state index in [2.05, 4.69) is 194 Å². The molecular formula is C58H35N3. The standard InChI is InChI=1S/C58H35N3/c1-2-14-38(15-3-1)55-59-56(42-28-26-36-25-27-41(31-44(36)32-42)46-22-12-18-37-13-6-7-19-45(37)46)61-57(60-55)43-29-30-49-50-33-39-16-4-5-17-40(39)34-54(50)58(53(49)35-43)51-23-10-8-20-47(51)48-21-9-11-24-52(48)58/h1-35H. The monoisotopic (exact) mass is 773 g/mol. The van der Waals surface area contributed by atoms with Crippen molar-refractivity contribution in [1.29, 1.82) is 0 Å². The van der Waals surface area contributed by atoms with Crippen LogP contribution in [0.4, 0.5) is 0 Å². The van der Waals surface area contributed by atoms with Crippen molar-refractivity contribution < 1.29 is 0 Å². The molecule has 0 atom stereocenters. The van der Waals surface area contributed by atoms with Crippen LogP contribution < -0.4 is 0 Å². The van der Waals surface area contributed by atoms with Gasteiger partial charge >= 0.3 is 0 Å². The van der Waals surface area contributed by atoms with Crippen molar-refractivity contribution in [2.24, 2.45) is 0 Å². The van der Waals surface area contributed by atoms with Gasteiger partial charge in [-0.3, -0.25) is 0 Å². The van der Waals surface area contributed by atoms with Crippen LogP contribution in [0.3, 0.4) is 0 Å². The lowest BCUT2D eigenvalue weighted by molar-refractivity contribution is 0.795. The van der Waals surface area contributed by atoms with Crippen LogP contribution in [0.25, 0.3) is 99.9 Å². The van der Waals surface area contributed by atoms with Gasteiger partial charge in [-0.05, 0) is 118 Å². The summed E-state index contributed by atoms with van der Waals surface area (Å²) in [4.78, 5) is 15.7. The minimum absolute atomic E-state index is 0.504. The van der Waals surface area contributed by atoms with Crippen LogP contribution in [0.5, 0.6) is 0 Å². The predicted octanol–water partition coefficient (Wildman–Crippen LogP) is 14.3. The summed E-state index contributed by atoms with van der Waals surface area (Å²) in [6.07, 6.45) is 0. The van der Waals surface area contributed by atoms with Crippen molar-refractivity contribution in [2.75, 3.05) is 0 Å². The third-order valence-corrected chi connectivity index (χ3v) is 13.1. The second-order valence-corrected chi connectivity index (χ2v) is 16.3. The number of nitrogens with zero attached hydrogens (tertiary/aromatic N) is 3. The van der Waals surface area contributed by atoms with Crippen LogP contribution >= 0.6 is 0 Å². The third-order valence-electron chi connectivity index (χ3n) is 13.1. The minimum atomic E-state index is -0.504. The first-order chi connectivity index (χ1) is 30.2. The molecule has 2 aliphatic carbocycles. The molecule has 0 amide bonds. The lowest BCUT2D eigenvalue weighted by Crippen LogP contribution is -2.26. The van der Waals surface area contributed by atoms with E-state index in [9.17, 15) is 0 Å². The van der Waals surface area contributed by atoms with Crippen LogP contribution in [-0.2, 0) is 5.41 Å². The SMILES string of the molecule is c1ccc(-c2nc(-c3ccc4c(c3)C3(c5ccccc5-c5ccccc53)c3cc5ccccc5cc3-4)nc(-c3ccc4ccc(-c5cccc6ccccc56)cc4c3)n2)cc1. The molecule has 2 aliphatic rings. The van der Waals surface area contributed by atoms with Gasteiger partial charge in [0.25, 0.3) is 0 Å². The first-order valence-electron chi connectivity index (χ1n) is 20.9. The smallest absolute Gasteiger partial charge is 0.164 e. The Morgan fingerprint density at radius 3 is 1.51 bits per heavy atom. The zero-order chi connectivity index (χ0) is 40.1. The Hall–Kier alpha value is -8.01. The molecule has 0 N–H and O–H groups in total. The Morgan fingerprint density at radius 1 is 0.246 bits per heavy atom. The first-order valence-corrected chi connectivity index (χ1v) is 20.9. The summed E-state index contributed by atoms with van der Waals surface area (Å²) >= 11 is 0. The van der Waals surface area contributed by atoms with Crippen molar-refractivity contribution in [3.8, 4) is 67.5 Å². The van der Waals surface area contributed by atoms with Crippen LogP contribution in [0.2, 0.25) is 0 Å². The third kappa shape index (κ3) is 5.01. The van der Waals surface area contributed by atoms with Crippen molar-refractivity contribution in [3.05, 3.63) is 235 Å². The van der Waals surface area contributed by atoms with E-state index in [4.69, 9.17) is 15.0 Å². The molecule has 282 valence electrons. The van der Waals surface area contributed by atoms with Crippen molar-refractivity contribution in [2.45, 2.75) is 5.41 Å². The molecule has 0 unspecified atom stereocenters. The molecule has 3 heteroatoms. The minimum Gasteiger partial charge on any atom is -0.208 e. The zero-order valence-electron chi connectivity index (χ0n) is 33.0. The van der Waals surface area contributed by atoms with Crippen LogP contribution in [0.15, 0.2) is 212 Å². The second-order valence-electron chi connectivity index (χ2n) is 16.3. The summed E-state index contributed by atoms with van der Waals surface area (Å²) in [7, 11) is 0. The summed E-state index contributed by atoms with van der Waals surface area (Å²) in [5, 5.41) is 7.25. The number of hydrogen-bond acceptors (Lipinski definition) is 3. The molecule has 61 heavy (non-hydrogen) atoms. The molecule has 3 nitrogen and oxygen atoms in total. The van der Waals surface area contributed by atoms with E-state index in [1.807, 2.05) is 18.2 Å². The highest BCUT2D eigenvalue weighted by Crippen LogP contribution is 2.63. The highest BCUT2D eigenvalue weighted by molar-refractivity contribution is 6.02. The van der Waals surface area contributed by atoms with Gasteiger partial charge in [-0.15, -0.1) is 0 Å². The van der Waals surface area contributed by atoms with Gasteiger partial charge in [0.15, 0.2) is 17.5 Å². The number of aromatic nitrogens is 3. The molecule has 1 heterocycles. The lowest BCUT2D eigenvalue weighted by Gasteiger charge is -2.31. The fourth-order valence-corrected chi connectivity index (χ4v) is 10.3. The van der Waals surface area contributed by atoms with Gasteiger partial charge in [0, 0.05) is 16.7 Å². The molecular weight excluding hydrogens is 739 g/mol. The molecule has 1 spiro atoms. The molecule has 13 rings (SSSR count). The Bertz CT molecular complexity index is 3550. The lowest BCUT2D eigenvalue weighted by atomic mass is 9.70. The maximum Gasteiger partial charge on any atom is 0.164 e. The maximum absolute atomic E-state index is 5.33. The molecule has 0 bridgehead atoms. The van der Waals surface area contributed by atoms with Gasteiger partial charge in [0.1, 0.15) is 0 Å². The predicted molar refractivity (Wildman–Crippen MR) is 250 cm³/mol. The Morgan fingerprint density at radius 2 is 0.754 bits per heavy atom. The molecule has 10 aromatic carbocycles. The largest absolute Gasteiger partial charge is 0.208 e. The van der Waals surface area contributed by atoms with Gasteiger partial charge in [0.2, 0.25) is 0 Å². The van der Waals surface area contributed by atoms with Crippen LogP contribution in [0.1, 0.15) is 22.3 Å². The van der Waals surface area contributed by atoms with E-state index in [0.717, 1.165) is 22.1 Å². The van der Waals surface area contributed by atoms with E-state index in [1.54, 1.807) is 0 Å². The molecule has 1 aromatic heterocycles. The summed E-state index contributed by atoms with van der Waals surface area (Å²) in [5.74, 6) is 1.93. The van der Waals surface area contributed by atoms with E-state index in [-0.39, 0.29) is 0 Å². The van der Waals surface area contributed by atoms with E-state index in [0.29, 0.717) is 17.5 Å². The molecule has 0 fully saturated rings. The second kappa shape index (κ2) is 13.0.